The predicted molar refractivity (Wildman–Crippen MR) is 101 cm³/mol. The van der Waals surface area contributed by atoms with Gasteiger partial charge in [-0.3, -0.25) is 25.3 Å². The van der Waals surface area contributed by atoms with E-state index in [0.29, 0.717) is 30.3 Å². The number of nitrogens with zero attached hydrogens (tertiary/aromatic N) is 1. The molecule has 0 aliphatic rings. The minimum atomic E-state index is -0.482. The van der Waals surface area contributed by atoms with E-state index in [0.717, 1.165) is 0 Å². The van der Waals surface area contributed by atoms with Crippen molar-refractivity contribution in [3.8, 4) is 5.75 Å². The van der Waals surface area contributed by atoms with E-state index < -0.39 is 5.91 Å². The molecule has 0 bridgehead atoms. The van der Waals surface area contributed by atoms with Gasteiger partial charge in [0.2, 0.25) is 0 Å². The van der Waals surface area contributed by atoms with Crippen LogP contribution in [-0.2, 0) is 4.79 Å². The second-order valence-corrected chi connectivity index (χ2v) is 6.28. The lowest BCUT2D eigenvalue weighted by Crippen LogP contribution is -2.46. The molecule has 27 heavy (non-hydrogen) atoms. The van der Waals surface area contributed by atoms with E-state index in [-0.39, 0.29) is 23.8 Å². The number of hydrogen-bond donors (Lipinski definition) is 2. The monoisotopic (exact) mass is 393 g/mol. The standard InChI is InChI=1S/C19H21ClFN3O3/c1-24(11-4-12-27-15-9-7-14(21)8-10-15)13-18(25)22-23-19(26)16-5-2-3-6-17(16)20/h2-3,5-10H,4,11-13H2,1H3,(H,22,25)(H,23,26). The molecule has 0 heterocycles. The molecule has 0 aliphatic carbocycles. The number of nitrogens with one attached hydrogen (secondary N) is 2. The minimum absolute atomic E-state index is 0.110. The molecule has 0 spiro atoms. The molecule has 8 heteroatoms. The average molecular weight is 394 g/mol. The third-order valence-corrected chi connectivity index (χ3v) is 3.94. The normalized spacial score (nSPS) is 10.5. The SMILES string of the molecule is CN(CCCOc1ccc(F)cc1)CC(=O)NNC(=O)c1ccccc1Cl. The van der Waals surface area contributed by atoms with Gasteiger partial charge in [0.25, 0.3) is 11.8 Å². The van der Waals surface area contributed by atoms with Crippen molar-refractivity contribution in [3.05, 3.63) is 64.9 Å². The maximum atomic E-state index is 12.8. The quantitative estimate of drug-likeness (QED) is 0.534. The summed E-state index contributed by atoms with van der Waals surface area (Å²) in [5, 5.41) is 0.308. The lowest BCUT2D eigenvalue weighted by Gasteiger charge is -2.16. The van der Waals surface area contributed by atoms with Crippen LogP contribution in [0, 0.1) is 5.82 Å². The van der Waals surface area contributed by atoms with Crippen molar-refractivity contribution in [1.29, 1.82) is 0 Å². The zero-order chi connectivity index (χ0) is 19.6. The number of likely N-dealkylation sites (N-methyl/N-ethyl adjacent to an activating group) is 1. The fourth-order valence-electron chi connectivity index (χ4n) is 2.26. The van der Waals surface area contributed by atoms with E-state index in [4.69, 9.17) is 16.3 Å². The van der Waals surface area contributed by atoms with Gasteiger partial charge in [-0.2, -0.15) is 0 Å². The number of ether oxygens (including phenoxy) is 1. The molecule has 0 aromatic heterocycles. The molecule has 0 aliphatic heterocycles. The Balaban J connectivity index is 1.63. The molecule has 144 valence electrons. The van der Waals surface area contributed by atoms with Gasteiger partial charge < -0.3 is 4.74 Å². The predicted octanol–water partition coefficient (Wildman–Crippen LogP) is 2.64. The highest BCUT2D eigenvalue weighted by molar-refractivity contribution is 6.33. The summed E-state index contributed by atoms with van der Waals surface area (Å²) in [5.41, 5.74) is 4.97. The van der Waals surface area contributed by atoms with Crippen LogP contribution >= 0.6 is 11.6 Å². The molecule has 0 radical (unpaired) electrons. The van der Waals surface area contributed by atoms with Crippen molar-refractivity contribution in [2.75, 3.05) is 26.7 Å². The summed E-state index contributed by atoms with van der Waals surface area (Å²) in [6.45, 7) is 1.17. The summed E-state index contributed by atoms with van der Waals surface area (Å²) in [5.74, 6) is -0.546. The Bertz CT molecular complexity index is 771. The number of amides is 2. The molecular formula is C19H21ClFN3O3. The lowest BCUT2D eigenvalue weighted by atomic mass is 10.2. The minimum Gasteiger partial charge on any atom is -0.494 e. The van der Waals surface area contributed by atoms with Gasteiger partial charge in [0.15, 0.2) is 0 Å². The Hall–Kier alpha value is -2.64. The number of carbonyl (C=O) groups is 2. The van der Waals surface area contributed by atoms with Crippen LogP contribution in [0.15, 0.2) is 48.5 Å². The first-order valence-corrected chi connectivity index (χ1v) is 8.74. The van der Waals surface area contributed by atoms with E-state index in [1.807, 2.05) is 0 Å². The number of benzene rings is 2. The Kier molecular flexibility index (Phi) is 8.03. The highest BCUT2D eigenvalue weighted by Gasteiger charge is 2.11. The molecule has 2 aromatic rings. The van der Waals surface area contributed by atoms with Crippen molar-refractivity contribution in [2.45, 2.75) is 6.42 Å². The van der Waals surface area contributed by atoms with Crippen LogP contribution in [0.5, 0.6) is 5.75 Å². The van der Waals surface area contributed by atoms with Gasteiger partial charge in [-0.15, -0.1) is 0 Å². The largest absolute Gasteiger partial charge is 0.494 e. The zero-order valence-electron chi connectivity index (χ0n) is 14.9. The highest BCUT2D eigenvalue weighted by Crippen LogP contribution is 2.14. The third-order valence-electron chi connectivity index (χ3n) is 3.61. The van der Waals surface area contributed by atoms with Crippen molar-refractivity contribution >= 4 is 23.4 Å². The maximum Gasteiger partial charge on any atom is 0.271 e. The fourth-order valence-corrected chi connectivity index (χ4v) is 2.48. The summed E-state index contributed by atoms with van der Waals surface area (Å²) in [4.78, 5) is 25.6. The van der Waals surface area contributed by atoms with Gasteiger partial charge in [-0.05, 0) is 49.9 Å². The van der Waals surface area contributed by atoms with Crippen molar-refractivity contribution < 1.29 is 18.7 Å². The molecule has 2 rings (SSSR count). The van der Waals surface area contributed by atoms with Gasteiger partial charge in [0, 0.05) is 6.54 Å². The van der Waals surface area contributed by atoms with Gasteiger partial charge in [0.1, 0.15) is 11.6 Å². The number of hydrogen-bond acceptors (Lipinski definition) is 4. The Morgan fingerprint density at radius 3 is 2.52 bits per heavy atom. The smallest absolute Gasteiger partial charge is 0.271 e. The van der Waals surface area contributed by atoms with Crippen molar-refractivity contribution in [1.82, 2.24) is 15.8 Å². The van der Waals surface area contributed by atoms with Gasteiger partial charge in [0.05, 0.1) is 23.7 Å². The topological polar surface area (TPSA) is 70.7 Å². The number of halogens is 2. The van der Waals surface area contributed by atoms with Crippen LogP contribution in [0.1, 0.15) is 16.8 Å². The molecule has 0 unspecified atom stereocenters. The van der Waals surface area contributed by atoms with Crippen LogP contribution in [0.3, 0.4) is 0 Å². The molecule has 2 aromatic carbocycles. The summed E-state index contributed by atoms with van der Waals surface area (Å²) >= 11 is 5.93. The van der Waals surface area contributed by atoms with Gasteiger partial charge >= 0.3 is 0 Å². The number of rotatable bonds is 8. The molecule has 0 saturated carbocycles. The van der Waals surface area contributed by atoms with Crippen LogP contribution in [0.4, 0.5) is 4.39 Å². The number of hydrazine groups is 1. The van der Waals surface area contributed by atoms with Gasteiger partial charge in [-0.1, -0.05) is 23.7 Å². The second-order valence-electron chi connectivity index (χ2n) is 5.88. The average Bonchev–Trinajstić information content (AvgIpc) is 2.65. The van der Waals surface area contributed by atoms with E-state index >= 15 is 0 Å². The van der Waals surface area contributed by atoms with E-state index in [9.17, 15) is 14.0 Å². The Labute approximate surface area is 162 Å². The number of carbonyl (C=O) groups excluding carboxylic acids is 2. The molecule has 2 N–H and O–H groups in total. The molecule has 6 nitrogen and oxygen atoms in total. The lowest BCUT2D eigenvalue weighted by molar-refractivity contribution is -0.122. The summed E-state index contributed by atoms with van der Waals surface area (Å²) in [7, 11) is 1.79. The van der Waals surface area contributed by atoms with Crippen LogP contribution in [0.25, 0.3) is 0 Å². The zero-order valence-corrected chi connectivity index (χ0v) is 15.6. The summed E-state index contributed by atoms with van der Waals surface area (Å²) in [6.07, 6.45) is 0.688. The first-order chi connectivity index (χ1) is 13.0. The van der Waals surface area contributed by atoms with Crippen molar-refractivity contribution in [3.63, 3.8) is 0 Å². The Morgan fingerprint density at radius 1 is 1.11 bits per heavy atom. The van der Waals surface area contributed by atoms with Gasteiger partial charge in [-0.25, -0.2) is 4.39 Å². The first kappa shape index (κ1) is 20.7. The molecule has 0 fully saturated rings. The first-order valence-electron chi connectivity index (χ1n) is 8.36. The maximum absolute atomic E-state index is 12.8. The van der Waals surface area contributed by atoms with Crippen LogP contribution in [-0.4, -0.2) is 43.5 Å². The molecular weight excluding hydrogens is 373 g/mol. The van der Waals surface area contributed by atoms with Crippen molar-refractivity contribution in [2.24, 2.45) is 0 Å². The Morgan fingerprint density at radius 2 is 1.81 bits per heavy atom. The summed E-state index contributed by atoms with van der Waals surface area (Å²) in [6, 6.07) is 12.4. The molecule has 0 atom stereocenters. The van der Waals surface area contributed by atoms with E-state index in [1.165, 1.54) is 12.1 Å². The highest BCUT2D eigenvalue weighted by atomic mass is 35.5. The fraction of sp³-hybridized carbons (Fsp3) is 0.263. The summed E-state index contributed by atoms with van der Waals surface area (Å²) < 4.78 is 18.3. The second kappa shape index (κ2) is 10.5. The van der Waals surface area contributed by atoms with Crippen LogP contribution < -0.4 is 15.6 Å². The third kappa shape index (κ3) is 7.24. The van der Waals surface area contributed by atoms with E-state index in [1.54, 1.807) is 48.3 Å². The molecule has 0 saturated heterocycles. The van der Waals surface area contributed by atoms with Crippen LogP contribution in [0.2, 0.25) is 5.02 Å². The van der Waals surface area contributed by atoms with E-state index in [2.05, 4.69) is 10.9 Å². The molecule has 2 amide bonds.